The lowest BCUT2D eigenvalue weighted by molar-refractivity contribution is 0.340. The topological polar surface area (TPSA) is 26.3 Å². The number of benzene rings is 1. The van der Waals surface area contributed by atoms with E-state index in [1.165, 1.54) is 0 Å². The molecule has 0 aromatic heterocycles. The van der Waals surface area contributed by atoms with Crippen LogP contribution in [0.15, 0.2) is 30.0 Å². The zero-order valence-electron chi connectivity index (χ0n) is 7.41. The van der Waals surface area contributed by atoms with Crippen LogP contribution in [0, 0.1) is 0 Å². The molecule has 0 saturated heterocycles. The number of rotatable bonds is 3. The van der Waals surface area contributed by atoms with Gasteiger partial charge in [0.05, 0.1) is 6.61 Å². The molecule has 1 aromatic carbocycles. The molecule has 0 amide bonds. The van der Waals surface area contributed by atoms with Gasteiger partial charge in [-0.2, -0.15) is 0 Å². The van der Waals surface area contributed by atoms with Gasteiger partial charge in [0.15, 0.2) is 5.94 Å². The maximum absolute atomic E-state index is 9.86. The monoisotopic (exact) mass is 174 g/mol. The van der Waals surface area contributed by atoms with Crippen LogP contribution in [-0.4, -0.2) is 12.5 Å². The van der Waals surface area contributed by atoms with E-state index >= 15 is 0 Å². The van der Waals surface area contributed by atoms with E-state index < -0.39 is 0 Å². The van der Waals surface area contributed by atoms with Crippen molar-refractivity contribution in [1.29, 1.82) is 0 Å². The van der Waals surface area contributed by atoms with Gasteiger partial charge in [0.2, 0.25) is 0 Å². The van der Waals surface area contributed by atoms with Crippen LogP contribution < -0.4 is 4.74 Å². The predicted octanol–water partition coefficient (Wildman–Crippen LogP) is 2.09. The van der Waals surface area contributed by atoms with E-state index in [0.717, 1.165) is 11.3 Å². The molecule has 1 rings (SSSR count). The highest BCUT2D eigenvalue weighted by molar-refractivity contribution is 5.58. The van der Waals surface area contributed by atoms with Crippen molar-refractivity contribution >= 4 is 12.0 Å². The zero-order chi connectivity index (χ0) is 9.52. The molecule has 0 heterocycles. The molecule has 2 nitrogen and oxygen atoms in total. The first-order valence-electron chi connectivity index (χ1n) is 4.05. The highest BCUT2D eigenvalue weighted by Crippen LogP contribution is 2.12. The summed E-state index contributed by atoms with van der Waals surface area (Å²) in [5.74, 6) is 2.40. The van der Waals surface area contributed by atoms with Crippen LogP contribution in [0.3, 0.4) is 0 Å². The van der Waals surface area contributed by atoms with Crippen molar-refractivity contribution in [1.82, 2.24) is 0 Å². The van der Waals surface area contributed by atoms with Crippen LogP contribution in [0.4, 0.5) is 0 Å². The largest absolute Gasteiger partial charge is 0.494 e. The third-order valence-corrected chi connectivity index (χ3v) is 1.49. The third kappa shape index (κ3) is 3.00. The smallest absolute Gasteiger partial charge is 0.177 e. The van der Waals surface area contributed by atoms with Gasteiger partial charge in [-0.1, -0.05) is 12.1 Å². The Morgan fingerprint density at radius 1 is 1.38 bits per heavy atom. The highest BCUT2D eigenvalue weighted by Gasteiger charge is 1.90. The summed E-state index contributed by atoms with van der Waals surface area (Å²) in [5.41, 5.74) is 3.25. The van der Waals surface area contributed by atoms with E-state index in [4.69, 9.17) is 4.74 Å². The quantitative estimate of drug-likeness (QED) is 0.518. The van der Waals surface area contributed by atoms with Gasteiger partial charge in [-0.15, -0.1) is 0 Å². The van der Waals surface area contributed by atoms with Crippen molar-refractivity contribution in [2.75, 3.05) is 6.61 Å². The summed E-state index contributed by atoms with van der Waals surface area (Å²) >= 11 is 0. The maximum atomic E-state index is 9.86. The lowest BCUT2D eigenvalue weighted by Gasteiger charge is -2.01. The average Bonchev–Trinajstić information content (AvgIpc) is 2.17. The fourth-order valence-corrected chi connectivity index (χ4v) is 0.940. The Labute approximate surface area is 77.2 Å². The summed E-state index contributed by atoms with van der Waals surface area (Å²) < 4.78 is 5.25. The van der Waals surface area contributed by atoms with Crippen molar-refractivity contribution in [2.45, 2.75) is 6.92 Å². The summed E-state index contributed by atoms with van der Waals surface area (Å²) in [4.78, 5) is 9.86. The van der Waals surface area contributed by atoms with Gasteiger partial charge in [0.1, 0.15) is 5.75 Å². The van der Waals surface area contributed by atoms with E-state index in [1.807, 2.05) is 31.2 Å². The van der Waals surface area contributed by atoms with Gasteiger partial charge in [0, 0.05) is 0 Å². The average molecular weight is 174 g/mol. The third-order valence-electron chi connectivity index (χ3n) is 1.49. The molecule has 0 fully saturated rings. The van der Waals surface area contributed by atoms with Crippen molar-refractivity contribution in [3.05, 3.63) is 35.6 Å². The van der Waals surface area contributed by atoms with Gasteiger partial charge in [-0.3, -0.25) is 0 Å². The molecule has 0 bridgehead atoms. The Morgan fingerprint density at radius 2 is 2.08 bits per heavy atom. The lowest BCUT2D eigenvalue weighted by atomic mass is 10.2. The molecule has 0 unspecified atom stereocenters. The van der Waals surface area contributed by atoms with Crippen molar-refractivity contribution < 1.29 is 9.53 Å². The first-order chi connectivity index (χ1) is 6.36. The number of hydrogen-bond donors (Lipinski definition) is 0. The summed E-state index contributed by atoms with van der Waals surface area (Å²) in [6.45, 7) is 2.59. The van der Waals surface area contributed by atoms with Crippen LogP contribution in [0.5, 0.6) is 5.75 Å². The fourth-order valence-electron chi connectivity index (χ4n) is 0.940. The van der Waals surface area contributed by atoms with E-state index in [9.17, 15) is 4.79 Å². The molecule has 0 aliphatic rings. The highest BCUT2D eigenvalue weighted by atomic mass is 16.5. The standard InChI is InChI=1S/C11H10O2/c1-2-13-11-7-5-10(6-8-11)4-3-9-12/h4-8H,2H2,1H3. The molecule has 0 atom stereocenters. The van der Waals surface area contributed by atoms with Gasteiger partial charge in [-0.05, 0) is 36.4 Å². The molecule has 1 aromatic rings. The zero-order valence-corrected chi connectivity index (χ0v) is 7.41. The second-order valence-corrected chi connectivity index (χ2v) is 2.39. The number of hydrogen-bond acceptors (Lipinski definition) is 2. The van der Waals surface area contributed by atoms with Gasteiger partial charge in [-0.25, -0.2) is 4.79 Å². The van der Waals surface area contributed by atoms with Crippen molar-refractivity contribution in [2.24, 2.45) is 0 Å². The number of carbonyl (C=O) groups excluding carboxylic acids is 1. The van der Waals surface area contributed by atoms with E-state index in [-0.39, 0.29) is 0 Å². The SMILES string of the molecule is CCOc1ccc(C=C=C=O)cc1. The molecule has 13 heavy (non-hydrogen) atoms. The molecule has 0 saturated carbocycles. The molecular formula is C11H10O2. The predicted molar refractivity (Wildman–Crippen MR) is 51.3 cm³/mol. The molecule has 0 spiro atoms. The van der Waals surface area contributed by atoms with E-state index in [1.54, 1.807) is 12.0 Å². The second-order valence-electron chi connectivity index (χ2n) is 2.39. The molecule has 2 heteroatoms. The van der Waals surface area contributed by atoms with Gasteiger partial charge in [0.25, 0.3) is 0 Å². The lowest BCUT2D eigenvalue weighted by Crippen LogP contribution is -1.90. The van der Waals surface area contributed by atoms with E-state index in [0.29, 0.717) is 6.61 Å². The molecule has 0 aliphatic carbocycles. The van der Waals surface area contributed by atoms with Crippen LogP contribution in [-0.2, 0) is 4.79 Å². The minimum absolute atomic E-state index is 0.656. The Kier molecular flexibility index (Phi) is 3.59. The molecule has 0 N–H and O–H groups in total. The van der Waals surface area contributed by atoms with Crippen molar-refractivity contribution in [3.8, 4) is 5.75 Å². The molecular weight excluding hydrogens is 164 g/mol. The summed E-state index contributed by atoms with van der Waals surface area (Å²) in [7, 11) is 0. The summed E-state index contributed by atoms with van der Waals surface area (Å²) in [5, 5.41) is 0. The van der Waals surface area contributed by atoms with Gasteiger partial charge >= 0.3 is 0 Å². The Morgan fingerprint density at radius 3 is 2.62 bits per heavy atom. The van der Waals surface area contributed by atoms with E-state index in [2.05, 4.69) is 5.73 Å². The molecule has 0 aliphatic heterocycles. The first kappa shape index (κ1) is 9.34. The van der Waals surface area contributed by atoms with Crippen LogP contribution in [0.25, 0.3) is 6.08 Å². The van der Waals surface area contributed by atoms with Gasteiger partial charge < -0.3 is 4.74 Å². The normalized spacial score (nSPS) is 8.38. The van der Waals surface area contributed by atoms with Crippen LogP contribution in [0.2, 0.25) is 0 Å². The summed E-state index contributed by atoms with van der Waals surface area (Å²) in [6, 6.07) is 7.41. The molecule has 0 radical (unpaired) electrons. The second kappa shape index (κ2) is 5.00. The number of ether oxygens (including phenoxy) is 1. The Bertz CT molecular complexity index is 339. The van der Waals surface area contributed by atoms with Crippen molar-refractivity contribution in [3.63, 3.8) is 0 Å². The maximum Gasteiger partial charge on any atom is 0.177 e. The van der Waals surface area contributed by atoms with Crippen LogP contribution >= 0.6 is 0 Å². The van der Waals surface area contributed by atoms with Crippen LogP contribution in [0.1, 0.15) is 12.5 Å². The first-order valence-corrected chi connectivity index (χ1v) is 4.05. The minimum Gasteiger partial charge on any atom is -0.494 e. The fraction of sp³-hybridized carbons (Fsp3) is 0.182. The molecule has 66 valence electrons. The summed E-state index contributed by atoms with van der Waals surface area (Å²) in [6.07, 6.45) is 1.57. The Balaban J connectivity index is 2.80. The Hall–Kier alpha value is -1.75. The minimum atomic E-state index is 0.656.